The zero-order valence-electron chi connectivity index (χ0n) is 9.03. The number of nitrogens with one attached hydrogen (secondary N) is 1. The van der Waals surface area contributed by atoms with Crippen molar-refractivity contribution in [2.75, 3.05) is 6.54 Å². The van der Waals surface area contributed by atoms with Gasteiger partial charge in [0.15, 0.2) is 0 Å². The lowest BCUT2D eigenvalue weighted by Crippen LogP contribution is -2.18. The summed E-state index contributed by atoms with van der Waals surface area (Å²) in [4.78, 5) is 4.14. The van der Waals surface area contributed by atoms with Crippen LogP contribution in [0.4, 0.5) is 0 Å². The zero-order valence-corrected chi connectivity index (χ0v) is 9.03. The van der Waals surface area contributed by atoms with Gasteiger partial charge in [0.1, 0.15) is 0 Å². The smallest absolute Gasteiger partial charge is 0.0948 e. The van der Waals surface area contributed by atoms with Crippen LogP contribution in [0.25, 0.3) is 0 Å². The molecule has 0 spiro atoms. The number of hydrogen-bond acceptors (Lipinski definition) is 2. The molecule has 1 aliphatic rings. The summed E-state index contributed by atoms with van der Waals surface area (Å²) in [7, 11) is 0. The van der Waals surface area contributed by atoms with Gasteiger partial charge in [0.2, 0.25) is 0 Å². The highest BCUT2D eigenvalue weighted by molar-refractivity contribution is 4.98. The van der Waals surface area contributed by atoms with Crippen molar-refractivity contribution < 1.29 is 0 Å². The maximum absolute atomic E-state index is 4.14. The van der Waals surface area contributed by atoms with Gasteiger partial charge in [0, 0.05) is 19.3 Å². The highest BCUT2D eigenvalue weighted by Gasteiger charge is 2.31. The van der Waals surface area contributed by atoms with Crippen LogP contribution in [0.5, 0.6) is 0 Å². The monoisotopic (exact) mass is 193 g/mol. The van der Waals surface area contributed by atoms with E-state index in [0.717, 1.165) is 31.5 Å². The van der Waals surface area contributed by atoms with Gasteiger partial charge in [-0.15, -0.1) is 0 Å². The lowest BCUT2D eigenvalue weighted by Gasteiger charge is -2.06. The average molecular weight is 193 g/mol. The molecule has 2 unspecified atom stereocenters. The summed E-state index contributed by atoms with van der Waals surface area (Å²) in [5, 5.41) is 3.49. The first-order chi connectivity index (χ1) is 6.81. The minimum atomic E-state index is 0.924. The van der Waals surface area contributed by atoms with Gasteiger partial charge in [-0.05, 0) is 31.7 Å². The van der Waals surface area contributed by atoms with Crippen LogP contribution < -0.4 is 5.32 Å². The van der Waals surface area contributed by atoms with Crippen molar-refractivity contribution in [2.45, 2.75) is 33.4 Å². The van der Waals surface area contributed by atoms with Gasteiger partial charge in [-0.1, -0.05) is 6.92 Å². The van der Waals surface area contributed by atoms with E-state index in [2.05, 4.69) is 28.7 Å². The SMILES string of the molecule is CCn1cncc1CNCC1CC1C. The molecule has 0 aliphatic heterocycles. The quantitative estimate of drug-likeness (QED) is 0.770. The molecule has 1 aromatic heterocycles. The minimum Gasteiger partial charge on any atom is -0.334 e. The van der Waals surface area contributed by atoms with E-state index in [1.807, 2.05) is 12.5 Å². The molecule has 0 aromatic carbocycles. The van der Waals surface area contributed by atoms with E-state index in [0.29, 0.717) is 0 Å². The van der Waals surface area contributed by atoms with Gasteiger partial charge in [-0.3, -0.25) is 0 Å². The van der Waals surface area contributed by atoms with Gasteiger partial charge < -0.3 is 9.88 Å². The maximum Gasteiger partial charge on any atom is 0.0948 e. The molecule has 14 heavy (non-hydrogen) atoms. The molecule has 3 heteroatoms. The summed E-state index contributed by atoms with van der Waals surface area (Å²) < 4.78 is 2.18. The van der Waals surface area contributed by atoms with Crippen molar-refractivity contribution in [1.82, 2.24) is 14.9 Å². The largest absolute Gasteiger partial charge is 0.334 e. The van der Waals surface area contributed by atoms with Crippen LogP contribution in [0.1, 0.15) is 26.0 Å². The summed E-state index contributed by atoms with van der Waals surface area (Å²) in [6.07, 6.45) is 5.25. The Kier molecular flexibility index (Phi) is 2.87. The summed E-state index contributed by atoms with van der Waals surface area (Å²) in [6.45, 7) is 7.60. The first-order valence-electron chi connectivity index (χ1n) is 5.51. The second-order valence-corrected chi connectivity index (χ2v) is 4.27. The molecule has 1 saturated carbocycles. The molecule has 1 heterocycles. The van der Waals surface area contributed by atoms with Crippen molar-refractivity contribution in [2.24, 2.45) is 11.8 Å². The van der Waals surface area contributed by atoms with E-state index in [-0.39, 0.29) is 0 Å². The molecular weight excluding hydrogens is 174 g/mol. The molecule has 2 rings (SSSR count). The molecule has 0 amide bonds. The summed E-state index contributed by atoms with van der Waals surface area (Å²) in [5.74, 6) is 1.87. The lowest BCUT2D eigenvalue weighted by atomic mass is 10.3. The van der Waals surface area contributed by atoms with Crippen LogP contribution in [0.3, 0.4) is 0 Å². The minimum absolute atomic E-state index is 0.924. The van der Waals surface area contributed by atoms with Crippen molar-refractivity contribution in [1.29, 1.82) is 0 Å². The number of nitrogens with zero attached hydrogens (tertiary/aromatic N) is 2. The lowest BCUT2D eigenvalue weighted by molar-refractivity contribution is 0.584. The van der Waals surface area contributed by atoms with Crippen LogP contribution in [0.2, 0.25) is 0 Å². The fourth-order valence-corrected chi connectivity index (χ4v) is 1.85. The summed E-state index contributed by atoms with van der Waals surface area (Å²) >= 11 is 0. The molecule has 0 saturated heterocycles. The fraction of sp³-hybridized carbons (Fsp3) is 0.727. The Hall–Kier alpha value is -0.830. The Bertz CT molecular complexity index is 292. The van der Waals surface area contributed by atoms with E-state index >= 15 is 0 Å². The molecule has 1 N–H and O–H groups in total. The maximum atomic E-state index is 4.14. The Balaban J connectivity index is 1.74. The van der Waals surface area contributed by atoms with Gasteiger partial charge in [0.05, 0.1) is 12.0 Å². The summed E-state index contributed by atoms with van der Waals surface area (Å²) in [5.41, 5.74) is 1.29. The summed E-state index contributed by atoms with van der Waals surface area (Å²) in [6, 6.07) is 0. The molecule has 2 atom stereocenters. The van der Waals surface area contributed by atoms with Crippen molar-refractivity contribution in [3.8, 4) is 0 Å². The zero-order chi connectivity index (χ0) is 9.97. The van der Waals surface area contributed by atoms with Crippen molar-refractivity contribution >= 4 is 0 Å². The van der Waals surface area contributed by atoms with E-state index < -0.39 is 0 Å². The second kappa shape index (κ2) is 4.13. The number of rotatable bonds is 5. The predicted octanol–water partition coefficient (Wildman–Crippen LogP) is 1.65. The third kappa shape index (κ3) is 2.15. The van der Waals surface area contributed by atoms with Gasteiger partial charge in [-0.2, -0.15) is 0 Å². The third-order valence-electron chi connectivity index (χ3n) is 3.13. The highest BCUT2D eigenvalue weighted by Crippen LogP contribution is 2.36. The van der Waals surface area contributed by atoms with Crippen molar-refractivity contribution in [3.05, 3.63) is 18.2 Å². The average Bonchev–Trinajstić information content (AvgIpc) is 2.72. The van der Waals surface area contributed by atoms with E-state index in [9.17, 15) is 0 Å². The molecule has 1 aromatic rings. The topological polar surface area (TPSA) is 29.9 Å². The molecule has 0 bridgehead atoms. The van der Waals surface area contributed by atoms with Crippen molar-refractivity contribution in [3.63, 3.8) is 0 Å². The van der Waals surface area contributed by atoms with Crippen LogP contribution in [-0.4, -0.2) is 16.1 Å². The Morgan fingerprint density at radius 2 is 2.43 bits per heavy atom. The fourth-order valence-electron chi connectivity index (χ4n) is 1.85. The Morgan fingerprint density at radius 3 is 3.07 bits per heavy atom. The molecule has 78 valence electrons. The van der Waals surface area contributed by atoms with Crippen LogP contribution in [-0.2, 0) is 13.1 Å². The molecule has 1 aliphatic carbocycles. The molecule has 0 radical (unpaired) electrons. The molecular formula is C11H19N3. The van der Waals surface area contributed by atoms with Crippen LogP contribution in [0, 0.1) is 11.8 Å². The normalized spacial score (nSPS) is 25.3. The van der Waals surface area contributed by atoms with E-state index in [1.165, 1.54) is 12.1 Å². The standard InChI is InChI=1S/C11H19N3/c1-3-14-8-13-7-11(14)6-12-5-10-4-9(10)2/h7-10,12H,3-6H2,1-2H3. The van der Waals surface area contributed by atoms with E-state index in [1.54, 1.807) is 0 Å². The second-order valence-electron chi connectivity index (χ2n) is 4.27. The number of hydrogen-bond donors (Lipinski definition) is 1. The first kappa shape index (κ1) is 9.71. The predicted molar refractivity (Wildman–Crippen MR) is 56.9 cm³/mol. The van der Waals surface area contributed by atoms with Gasteiger partial charge >= 0.3 is 0 Å². The number of imidazole rings is 1. The van der Waals surface area contributed by atoms with Gasteiger partial charge in [0.25, 0.3) is 0 Å². The number of aryl methyl sites for hydroxylation is 1. The first-order valence-corrected chi connectivity index (χ1v) is 5.51. The van der Waals surface area contributed by atoms with Crippen LogP contribution >= 0.6 is 0 Å². The van der Waals surface area contributed by atoms with Gasteiger partial charge in [-0.25, -0.2) is 4.98 Å². The Labute approximate surface area is 85.5 Å². The number of aromatic nitrogens is 2. The molecule has 1 fully saturated rings. The third-order valence-corrected chi connectivity index (χ3v) is 3.13. The molecule has 3 nitrogen and oxygen atoms in total. The highest BCUT2D eigenvalue weighted by atomic mass is 15.1. The van der Waals surface area contributed by atoms with Crippen LogP contribution in [0.15, 0.2) is 12.5 Å². The van der Waals surface area contributed by atoms with E-state index in [4.69, 9.17) is 0 Å². The Morgan fingerprint density at radius 1 is 1.64 bits per heavy atom.